The molecule has 2 aromatic carbocycles. The zero-order chi connectivity index (χ0) is 29.9. The van der Waals surface area contributed by atoms with E-state index >= 15 is 0 Å². The lowest BCUT2D eigenvalue weighted by Gasteiger charge is -2.15. The number of rotatable bonds is 8. The van der Waals surface area contributed by atoms with Crippen LogP contribution in [0, 0.1) is 0 Å². The van der Waals surface area contributed by atoms with Crippen LogP contribution in [0.15, 0.2) is 79.1 Å². The first-order valence-corrected chi connectivity index (χ1v) is 12.5. The lowest BCUT2D eigenvalue weighted by atomic mass is 10.0. The number of ether oxygens (including phenoxy) is 1. The molecular weight excluding hydrogens is 562 g/mol. The largest absolute Gasteiger partial charge is 0.496 e. The maximum atomic E-state index is 13.7. The van der Waals surface area contributed by atoms with Gasteiger partial charge in [0.25, 0.3) is 0 Å². The summed E-state index contributed by atoms with van der Waals surface area (Å²) in [4.78, 5) is 16.5. The SMILES string of the molecule is COc1ccccc1CNCc1nc(Nc2ccc(C(F)(F)F)nc2)c2ccc(-c3ncccc3C(F)(F)F)cc2n1. The first-order valence-electron chi connectivity index (χ1n) is 12.5. The van der Waals surface area contributed by atoms with Crippen molar-refractivity contribution in [1.29, 1.82) is 0 Å². The molecule has 5 rings (SSSR count). The molecular formula is C29H22F6N6O. The molecule has 0 aliphatic carbocycles. The normalized spacial score (nSPS) is 12.0. The number of para-hydroxylation sites is 1. The van der Waals surface area contributed by atoms with E-state index in [0.29, 0.717) is 23.2 Å². The van der Waals surface area contributed by atoms with Gasteiger partial charge in [-0.05, 0) is 42.5 Å². The van der Waals surface area contributed by atoms with Crippen LogP contribution in [0.5, 0.6) is 5.75 Å². The van der Waals surface area contributed by atoms with Gasteiger partial charge in [-0.15, -0.1) is 0 Å². The van der Waals surface area contributed by atoms with Crippen LogP contribution in [-0.2, 0) is 25.4 Å². The standard InChI is InChI=1S/C29H22F6N6O/c1-42-23-7-3-2-5-18(23)14-36-16-25-40-22-13-17(26-21(28(30,31)32)6-4-12-37-26)8-10-20(22)27(41-25)39-19-9-11-24(38-15-19)29(33,34)35/h2-13,15,36H,14,16H2,1H3,(H,39,40,41). The Balaban J connectivity index is 1.52. The summed E-state index contributed by atoms with van der Waals surface area (Å²) < 4.78 is 85.4. The second-order valence-corrected chi connectivity index (χ2v) is 9.09. The second-order valence-electron chi connectivity index (χ2n) is 9.09. The minimum absolute atomic E-state index is 0.162. The van der Waals surface area contributed by atoms with Crippen molar-refractivity contribution in [2.45, 2.75) is 25.4 Å². The van der Waals surface area contributed by atoms with Gasteiger partial charge < -0.3 is 15.4 Å². The fraction of sp³-hybridized carbons (Fsp3) is 0.172. The van der Waals surface area contributed by atoms with Gasteiger partial charge in [0.05, 0.1) is 42.3 Å². The molecule has 0 bridgehead atoms. The van der Waals surface area contributed by atoms with E-state index in [0.717, 1.165) is 23.9 Å². The number of nitrogens with zero attached hydrogens (tertiary/aromatic N) is 4. The summed E-state index contributed by atoms with van der Waals surface area (Å²) in [6, 6.07) is 16.1. The molecule has 3 aromatic heterocycles. The van der Waals surface area contributed by atoms with E-state index < -0.39 is 23.6 Å². The average Bonchev–Trinajstić information content (AvgIpc) is 2.96. The zero-order valence-corrected chi connectivity index (χ0v) is 21.9. The molecule has 0 unspecified atom stereocenters. The number of hydrogen-bond acceptors (Lipinski definition) is 7. The summed E-state index contributed by atoms with van der Waals surface area (Å²) in [6.45, 7) is 0.565. The van der Waals surface area contributed by atoms with E-state index in [-0.39, 0.29) is 35.1 Å². The predicted molar refractivity (Wildman–Crippen MR) is 144 cm³/mol. The van der Waals surface area contributed by atoms with Crippen LogP contribution in [0.3, 0.4) is 0 Å². The Labute approximate surface area is 235 Å². The summed E-state index contributed by atoms with van der Waals surface area (Å²) in [5.41, 5.74) is -0.616. The molecule has 0 radical (unpaired) electrons. The lowest BCUT2D eigenvalue weighted by molar-refractivity contribution is -0.141. The number of hydrogen-bond donors (Lipinski definition) is 2. The number of anilines is 2. The van der Waals surface area contributed by atoms with Crippen molar-refractivity contribution in [1.82, 2.24) is 25.3 Å². The molecule has 0 saturated heterocycles. The van der Waals surface area contributed by atoms with E-state index in [4.69, 9.17) is 4.74 Å². The Bertz CT molecular complexity index is 1710. The molecule has 0 amide bonds. The molecule has 2 N–H and O–H groups in total. The van der Waals surface area contributed by atoms with Gasteiger partial charge in [0, 0.05) is 29.3 Å². The highest BCUT2D eigenvalue weighted by molar-refractivity contribution is 5.93. The van der Waals surface area contributed by atoms with Crippen LogP contribution in [0.1, 0.15) is 22.6 Å². The number of benzene rings is 2. The van der Waals surface area contributed by atoms with Crippen molar-refractivity contribution in [2.24, 2.45) is 0 Å². The lowest BCUT2D eigenvalue weighted by Crippen LogP contribution is -2.16. The van der Waals surface area contributed by atoms with E-state index in [1.807, 2.05) is 24.3 Å². The van der Waals surface area contributed by atoms with Gasteiger partial charge in [0.2, 0.25) is 0 Å². The van der Waals surface area contributed by atoms with Gasteiger partial charge in [-0.3, -0.25) is 4.98 Å². The third kappa shape index (κ3) is 6.41. The molecule has 42 heavy (non-hydrogen) atoms. The zero-order valence-electron chi connectivity index (χ0n) is 21.9. The van der Waals surface area contributed by atoms with E-state index in [9.17, 15) is 26.3 Å². The molecule has 0 spiro atoms. The summed E-state index contributed by atoms with van der Waals surface area (Å²) in [6.07, 6.45) is -6.93. The molecule has 0 fully saturated rings. The van der Waals surface area contributed by atoms with Crippen LogP contribution in [-0.4, -0.2) is 27.0 Å². The Kier molecular flexibility index (Phi) is 7.94. The van der Waals surface area contributed by atoms with Gasteiger partial charge in [0.15, 0.2) is 0 Å². The smallest absolute Gasteiger partial charge is 0.433 e. The second kappa shape index (κ2) is 11.6. The Morgan fingerprint density at radius 2 is 1.62 bits per heavy atom. The topological polar surface area (TPSA) is 84.9 Å². The number of fused-ring (bicyclic) bond motifs is 1. The summed E-state index contributed by atoms with van der Waals surface area (Å²) >= 11 is 0. The molecule has 3 heterocycles. The fourth-order valence-electron chi connectivity index (χ4n) is 4.29. The monoisotopic (exact) mass is 584 g/mol. The Morgan fingerprint density at radius 3 is 2.33 bits per heavy atom. The summed E-state index contributed by atoms with van der Waals surface area (Å²) in [5, 5.41) is 6.61. The maximum Gasteiger partial charge on any atom is 0.433 e. The van der Waals surface area contributed by atoms with Crippen molar-refractivity contribution in [3.8, 4) is 17.0 Å². The van der Waals surface area contributed by atoms with Crippen molar-refractivity contribution in [2.75, 3.05) is 12.4 Å². The predicted octanol–water partition coefficient (Wildman–Crippen LogP) is 7.17. The highest BCUT2D eigenvalue weighted by Gasteiger charge is 2.34. The minimum atomic E-state index is -4.62. The van der Waals surface area contributed by atoms with E-state index in [2.05, 4.69) is 30.6 Å². The van der Waals surface area contributed by atoms with Gasteiger partial charge in [-0.1, -0.05) is 24.3 Å². The van der Waals surface area contributed by atoms with Crippen molar-refractivity contribution >= 4 is 22.4 Å². The van der Waals surface area contributed by atoms with Crippen LogP contribution in [0.25, 0.3) is 22.2 Å². The fourth-order valence-corrected chi connectivity index (χ4v) is 4.29. The highest BCUT2D eigenvalue weighted by Crippen LogP contribution is 2.37. The van der Waals surface area contributed by atoms with E-state index in [1.165, 1.54) is 36.5 Å². The molecule has 0 aliphatic heterocycles. The maximum absolute atomic E-state index is 13.7. The summed E-state index contributed by atoms with van der Waals surface area (Å²) in [7, 11) is 1.56. The molecule has 13 heteroatoms. The third-order valence-electron chi connectivity index (χ3n) is 6.24. The average molecular weight is 585 g/mol. The molecule has 5 aromatic rings. The van der Waals surface area contributed by atoms with Gasteiger partial charge >= 0.3 is 12.4 Å². The Morgan fingerprint density at radius 1 is 0.810 bits per heavy atom. The van der Waals surface area contributed by atoms with Crippen LogP contribution < -0.4 is 15.4 Å². The molecule has 7 nitrogen and oxygen atoms in total. The van der Waals surface area contributed by atoms with Gasteiger partial charge in [-0.2, -0.15) is 26.3 Å². The van der Waals surface area contributed by atoms with Crippen LogP contribution in [0.4, 0.5) is 37.8 Å². The number of nitrogens with one attached hydrogen (secondary N) is 2. The quantitative estimate of drug-likeness (QED) is 0.187. The summed E-state index contributed by atoms with van der Waals surface area (Å²) in [5.74, 6) is 1.20. The number of halogens is 6. The van der Waals surface area contributed by atoms with Gasteiger partial charge in [-0.25, -0.2) is 15.0 Å². The van der Waals surface area contributed by atoms with Gasteiger partial charge in [0.1, 0.15) is 23.1 Å². The number of alkyl halides is 6. The van der Waals surface area contributed by atoms with Crippen molar-refractivity contribution in [3.63, 3.8) is 0 Å². The Hall–Kier alpha value is -4.78. The molecule has 0 atom stereocenters. The molecule has 216 valence electrons. The van der Waals surface area contributed by atoms with Crippen LogP contribution >= 0.6 is 0 Å². The number of methoxy groups -OCH3 is 1. The van der Waals surface area contributed by atoms with Crippen molar-refractivity contribution in [3.05, 3.63) is 102 Å². The van der Waals surface area contributed by atoms with E-state index in [1.54, 1.807) is 7.11 Å². The van der Waals surface area contributed by atoms with Crippen molar-refractivity contribution < 1.29 is 31.1 Å². The number of aromatic nitrogens is 4. The first-order chi connectivity index (χ1) is 20.0. The third-order valence-corrected chi connectivity index (χ3v) is 6.24. The highest BCUT2D eigenvalue weighted by atomic mass is 19.4. The minimum Gasteiger partial charge on any atom is -0.496 e. The molecule has 0 saturated carbocycles. The first kappa shape index (κ1) is 28.7. The number of pyridine rings is 2. The molecule has 0 aliphatic rings. The van der Waals surface area contributed by atoms with Crippen LogP contribution in [0.2, 0.25) is 0 Å².